The van der Waals surface area contributed by atoms with E-state index in [1.165, 1.54) is 7.05 Å². The summed E-state index contributed by atoms with van der Waals surface area (Å²) in [5.74, 6) is 0.366. The molecule has 0 aromatic heterocycles. The maximum absolute atomic E-state index is 11.5. The Kier molecular flexibility index (Phi) is 6.21. The summed E-state index contributed by atoms with van der Waals surface area (Å²) in [6, 6.07) is 6.35. The van der Waals surface area contributed by atoms with E-state index in [0.29, 0.717) is 18.0 Å². The van der Waals surface area contributed by atoms with Gasteiger partial charge in [0.25, 0.3) is 0 Å². The average molecular weight is 265 g/mol. The Bertz CT molecular complexity index is 435. The van der Waals surface area contributed by atoms with Gasteiger partial charge in [-0.2, -0.15) is 0 Å². The van der Waals surface area contributed by atoms with E-state index in [1.807, 2.05) is 0 Å². The first-order valence-corrected chi connectivity index (χ1v) is 6.20. The van der Waals surface area contributed by atoms with Crippen LogP contribution in [0.2, 0.25) is 0 Å². The average Bonchev–Trinajstić information content (AvgIpc) is 2.39. The van der Waals surface area contributed by atoms with E-state index in [0.717, 1.165) is 12.8 Å². The standard InChI is InChI=1S/C13H19N3O3/c1-3-4-8-15-12(17)16-10-6-5-7-11(9-10)19-13(18)14-2/h5-7,9H,3-4,8H2,1-2H3,(H,14,18)(H2,15,16,17). The van der Waals surface area contributed by atoms with E-state index in [1.54, 1.807) is 24.3 Å². The van der Waals surface area contributed by atoms with E-state index in [2.05, 4.69) is 22.9 Å². The molecule has 1 aromatic rings. The molecule has 0 fully saturated rings. The molecule has 0 spiro atoms. The van der Waals surface area contributed by atoms with Crippen LogP contribution >= 0.6 is 0 Å². The van der Waals surface area contributed by atoms with Crippen LogP contribution in [-0.4, -0.2) is 25.7 Å². The molecule has 19 heavy (non-hydrogen) atoms. The van der Waals surface area contributed by atoms with Crippen LogP contribution in [0.15, 0.2) is 24.3 Å². The van der Waals surface area contributed by atoms with Gasteiger partial charge in [-0.3, -0.25) is 0 Å². The van der Waals surface area contributed by atoms with Gasteiger partial charge in [-0.1, -0.05) is 19.4 Å². The molecule has 1 aromatic carbocycles. The summed E-state index contributed by atoms with van der Waals surface area (Å²) in [4.78, 5) is 22.6. The lowest BCUT2D eigenvalue weighted by atomic mass is 10.3. The first-order chi connectivity index (χ1) is 9.15. The number of hydrogen-bond acceptors (Lipinski definition) is 3. The molecule has 0 radical (unpaired) electrons. The summed E-state index contributed by atoms with van der Waals surface area (Å²) in [7, 11) is 1.48. The van der Waals surface area contributed by atoms with Crippen molar-refractivity contribution in [2.45, 2.75) is 19.8 Å². The molecule has 6 heteroatoms. The van der Waals surface area contributed by atoms with Crippen molar-refractivity contribution < 1.29 is 14.3 Å². The molecule has 0 aliphatic rings. The number of nitrogens with one attached hydrogen (secondary N) is 3. The van der Waals surface area contributed by atoms with Gasteiger partial charge in [-0.25, -0.2) is 9.59 Å². The molecule has 104 valence electrons. The minimum atomic E-state index is -0.551. The van der Waals surface area contributed by atoms with E-state index < -0.39 is 6.09 Å². The van der Waals surface area contributed by atoms with E-state index in [9.17, 15) is 9.59 Å². The summed E-state index contributed by atoms with van der Waals surface area (Å²) < 4.78 is 4.96. The van der Waals surface area contributed by atoms with E-state index >= 15 is 0 Å². The minimum Gasteiger partial charge on any atom is -0.410 e. The van der Waals surface area contributed by atoms with Gasteiger partial charge in [0.1, 0.15) is 5.75 Å². The number of carbonyl (C=O) groups is 2. The largest absolute Gasteiger partial charge is 0.412 e. The second-order valence-corrected chi connectivity index (χ2v) is 3.90. The molecule has 1 rings (SSSR count). The van der Waals surface area contributed by atoms with Crippen LogP contribution in [-0.2, 0) is 0 Å². The second-order valence-electron chi connectivity index (χ2n) is 3.90. The summed E-state index contributed by atoms with van der Waals surface area (Å²) in [5.41, 5.74) is 0.565. The summed E-state index contributed by atoms with van der Waals surface area (Å²) >= 11 is 0. The van der Waals surface area contributed by atoms with Crippen LogP contribution in [0.1, 0.15) is 19.8 Å². The Balaban J connectivity index is 2.52. The van der Waals surface area contributed by atoms with Gasteiger partial charge in [0, 0.05) is 25.3 Å². The lowest BCUT2D eigenvalue weighted by Gasteiger charge is -2.08. The van der Waals surface area contributed by atoms with Gasteiger partial charge in [0.2, 0.25) is 0 Å². The van der Waals surface area contributed by atoms with Crippen molar-refractivity contribution in [2.24, 2.45) is 0 Å². The number of rotatable bonds is 5. The number of hydrogen-bond donors (Lipinski definition) is 3. The summed E-state index contributed by atoms with van der Waals surface area (Å²) in [5, 5.41) is 7.75. The SMILES string of the molecule is CCCCNC(=O)Nc1cccc(OC(=O)NC)c1. The van der Waals surface area contributed by atoms with Crippen molar-refractivity contribution >= 4 is 17.8 Å². The highest BCUT2D eigenvalue weighted by molar-refractivity contribution is 5.89. The van der Waals surface area contributed by atoms with Crippen molar-refractivity contribution in [1.29, 1.82) is 0 Å². The maximum Gasteiger partial charge on any atom is 0.412 e. The second kappa shape index (κ2) is 7.97. The molecular weight excluding hydrogens is 246 g/mol. The Hall–Kier alpha value is -2.24. The zero-order valence-electron chi connectivity index (χ0n) is 11.2. The molecule has 3 amide bonds. The molecular formula is C13H19N3O3. The smallest absolute Gasteiger partial charge is 0.410 e. The number of amides is 3. The number of urea groups is 1. The minimum absolute atomic E-state index is 0.273. The molecule has 0 heterocycles. The predicted molar refractivity (Wildman–Crippen MR) is 73.5 cm³/mol. The molecule has 3 N–H and O–H groups in total. The number of benzene rings is 1. The zero-order valence-corrected chi connectivity index (χ0v) is 11.2. The van der Waals surface area contributed by atoms with Crippen molar-refractivity contribution in [2.75, 3.05) is 18.9 Å². The number of anilines is 1. The number of carbonyl (C=O) groups excluding carboxylic acids is 2. The molecule has 0 saturated heterocycles. The molecule has 0 saturated carbocycles. The van der Waals surface area contributed by atoms with Crippen molar-refractivity contribution in [1.82, 2.24) is 10.6 Å². The van der Waals surface area contributed by atoms with E-state index in [-0.39, 0.29) is 6.03 Å². The highest BCUT2D eigenvalue weighted by Gasteiger charge is 2.04. The molecule has 0 atom stereocenters. The third-order valence-corrected chi connectivity index (χ3v) is 2.32. The number of unbranched alkanes of at least 4 members (excludes halogenated alkanes) is 1. The van der Waals surface area contributed by atoms with Crippen LogP contribution in [0.5, 0.6) is 5.75 Å². The lowest BCUT2D eigenvalue weighted by Crippen LogP contribution is -2.29. The van der Waals surface area contributed by atoms with Gasteiger partial charge >= 0.3 is 12.1 Å². The third-order valence-electron chi connectivity index (χ3n) is 2.32. The fourth-order valence-electron chi connectivity index (χ4n) is 1.35. The normalized spacial score (nSPS) is 9.58. The van der Waals surface area contributed by atoms with Crippen LogP contribution in [0.25, 0.3) is 0 Å². The number of ether oxygens (including phenoxy) is 1. The summed E-state index contributed by atoms with van der Waals surface area (Å²) in [6.07, 6.45) is 1.41. The van der Waals surface area contributed by atoms with Crippen LogP contribution in [0.3, 0.4) is 0 Å². The first kappa shape index (κ1) is 14.8. The molecule has 0 unspecified atom stereocenters. The maximum atomic E-state index is 11.5. The van der Waals surface area contributed by atoms with Gasteiger partial charge in [-0.05, 0) is 18.6 Å². The van der Waals surface area contributed by atoms with Crippen molar-refractivity contribution in [3.05, 3.63) is 24.3 Å². The first-order valence-electron chi connectivity index (χ1n) is 6.20. The van der Waals surface area contributed by atoms with Gasteiger partial charge in [-0.15, -0.1) is 0 Å². The van der Waals surface area contributed by atoms with Crippen LogP contribution < -0.4 is 20.7 Å². The zero-order chi connectivity index (χ0) is 14.1. The summed E-state index contributed by atoms with van der Waals surface area (Å²) in [6.45, 7) is 2.69. The lowest BCUT2D eigenvalue weighted by molar-refractivity contribution is 0.203. The topological polar surface area (TPSA) is 79.5 Å². The van der Waals surface area contributed by atoms with E-state index in [4.69, 9.17) is 4.74 Å². The highest BCUT2D eigenvalue weighted by Crippen LogP contribution is 2.17. The fraction of sp³-hybridized carbons (Fsp3) is 0.385. The Morgan fingerprint density at radius 3 is 2.79 bits per heavy atom. The van der Waals surface area contributed by atoms with Gasteiger partial charge in [0.05, 0.1) is 0 Å². The third kappa shape index (κ3) is 5.76. The molecule has 0 bridgehead atoms. The molecule has 0 aliphatic carbocycles. The predicted octanol–water partition coefficient (Wildman–Crippen LogP) is 2.33. The van der Waals surface area contributed by atoms with Gasteiger partial charge in [0.15, 0.2) is 0 Å². The Morgan fingerprint density at radius 1 is 1.32 bits per heavy atom. The van der Waals surface area contributed by atoms with Crippen molar-refractivity contribution in [3.8, 4) is 5.75 Å². The van der Waals surface area contributed by atoms with Crippen LogP contribution in [0, 0.1) is 0 Å². The quantitative estimate of drug-likeness (QED) is 0.715. The Labute approximate surface area is 112 Å². The molecule has 0 aliphatic heterocycles. The fourth-order valence-corrected chi connectivity index (χ4v) is 1.35. The monoisotopic (exact) mass is 265 g/mol. The highest BCUT2D eigenvalue weighted by atomic mass is 16.5. The van der Waals surface area contributed by atoms with Gasteiger partial charge < -0.3 is 20.7 Å². The van der Waals surface area contributed by atoms with Crippen LogP contribution in [0.4, 0.5) is 15.3 Å². The van der Waals surface area contributed by atoms with Crippen molar-refractivity contribution in [3.63, 3.8) is 0 Å². The Morgan fingerprint density at radius 2 is 2.11 bits per heavy atom. The molecule has 6 nitrogen and oxygen atoms in total.